The van der Waals surface area contributed by atoms with E-state index < -0.39 is 6.04 Å². The summed E-state index contributed by atoms with van der Waals surface area (Å²) in [7, 11) is 0. The van der Waals surface area contributed by atoms with E-state index in [2.05, 4.69) is 0 Å². The maximum absolute atomic E-state index is 11.8. The van der Waals surface area contributed by atoms with Crippen molar-refractivity contribution in [2.45, 2.75) is 31.7 Å². The first-order valence-corrected chi connectivity index (χ1v) is 5.09. The molecule has 0 radical (unpaired) electrons. The summed E-state index contributed by atoms with van der Waals surface area (Å²) in [5.41, 5.74) is 7.62. The number of carbonyl (C=O) groups is 1. The lowest BCUT2D eigenvalue weighted by atomic mass is 9.97. The number of nitrogens with two attached hydrogens (primary N) is 1. The third-order valence-corrected chi connectivity index (χ3v) is 2.66. The summed E-state index contributed by atoms with van der Waals surface area (Å²) in [6.07, 6.45) is 2.42. The molecule has 0 heterocycles. The van der Waals surface area contributed by atoms with Crippen molar-refractivity contribution in [3.8, 4) is 0 Å². The second-order valence-electron chi connectivity index (χ2n) is 4.01. The van der Waals surface area contributed by atoms with Crippen molar-refractivity contribution < 1.29 is 4.79 Å². The zero-order chi connectivity index (χ0) is 10.1. The number of rotatable bonds is 3. The lowest BCUT2D eigenvalue weighted by Gasteiger charge is -2.09. The molecular weight excluding hydrogens is 174 g/mol. The molecule has 0 aromatic heterocycles. The van der Waals surface area contributed by atoms with Gasteiger partial charge in [0.2, 0.25) is 0 Å². The van der Waals surface area contributed by atoms with E-state index in [-0.39, 0.29) is 5.78 Å². The summed E-state index contributed by atoms with van der Waals surface area (Å²) >= 11 is 0. The topological polar surface area (TPSA) is 43.1 Å². The average Bonchev–Trinajstić information content (AvgIpc) is 3.00. The fourth-order valence-electron chi connectivity index (χ4n) is 1.72. The second kappa shape index (κ2) is 3.54. The van der Waals surface area contributed by atoms with Crippen molar-refractivity contribution in [3.63, 3.8) is 0 Å². The van der Waals surface area contributed by atoms with Crippen LogP contribution in [0.15, 0.2) is 24.3 Å². The highest BCUT2D eigenvalue weighted by Crippen LogP contribution is 2.41. The number of hydrogen-bond donors (Lipinski definition) is 1. The molecule has 1 saturated carbocycles. The molecule has 1 aromatic carbocycles. The molecule has 0 saturated heterocycles. The van der Waals surface area contributed by atoms with Crippen LogP contribution in [0.5, 0.6) is 0 Å². The smallest absolute Gasteiger partial charge is 0.179 e. The predicted octanol–water partition coefficient (Wildman–Crippen LogP) is 2.09. The van der Waals surface area contributed by atoms with E-state index in [1.54, 1.807) is 6.92 Å². The number of benzene rings is 1. The van der Waals surface area contributed by atoms with E-state index in [1.807, 2.05) is 24.3 Å². The Morgan fingerprint density at radius 2 is 2.07 bits per heavy atom. The Kier molecular flexibility index (Phi) is 2.38. The van der Waals surface area contributed by atoms with Gasteiger partial charge in [-0.05, 0) is 31.2 Å². The Bertz CT molecular complexity index is 353. The van der Waals surface area contributed by atoms with E-state index in [1.165, 1.54) is 18.4 Å². The minimum Gasteiger partial charge on any atom is -0.321 e. The summed E-state index contributed by atoms with van der Waals surface area (Å²) in [4.78, 5) is 11.8. The largest absolute Gasteiger partial charge is 0.321 e. The molecule has 0 amide bonds. The number of carbonyl (C=O) groups excluding carboxylic acids is 1. The van der Waals surface area contributed by atoms with Crippen LogP contribution < -0.4 is 5.73 Å². The average molecular weight is 189 g/mol. The van der Waals surface area contributed by atoms with E-state index in [9.17, 15) is 4.79 Å². The fraction of sp³-hybridized carbons (Fsp3) is 0.417. The van der Waals surface area contributed by atoms with Gasteiger partial charge in [-0.2, -0.15) is 0 Å². The molecule has 14 heavy (non-hydrogen) atoms. The Morgan fingerprint density at radius 3 is 2.64 bits per heavy atom. The Balaban J connectivity index is 2.36. The molecule has 2 N–H and O–H groups in total. The van der Waals surface area contributed by atoms with Gasteiger partial charge in [0.25, 0.3) is 0 Å². The molecule has 0 spiro atoms. The van der Waals surface area contributed by atoms with Crippen LogP contribution in [0.2, 0.25) is 0 Å². The van der Waals surface area contributed by atoms with Gasteiger partial charge in [0.05, 0.1) is 6.04 Å². The molecule has 0 aliphatic heterocycles. The van der Waals surface area contributed by atoms with Crippen LogP contribution in [-0.4, -0.2) is 11.8 Å². The van der Waals surface area contributed by atoms with Gasteiger partial charge in [-0.3, -0.25) is 4.79 Å². The predicted molar refractivity (Wildman–Crippen MR) is 56.4 cm³/mol. The monoisotopic (exact) mass is 189 g/mol. The normalized spacial score (nSPS) is 17.9. The molecule has 0 bridgehead atoms. The van der Waals surface area contributed by atoms with Gasteiger partial charge in [-0.25, -0.2) is 0 Å². The third-order valence-electron chi connectivity index (χ3n) is 2.66. The van der Waals surface area contributed by atoms with Gasteiger partial charge in [-0.1, -0.05) is 24.3 Å². The van der Waals surface area contributed by atoms with Crippen LogP contribution in [-0.2, 0) is 0 Å². The number of Topliss-reactive ketones (excluding diaryl/α,β-unsaturated/α-hetero) is 1. The minimum absolute atomic E-state index is 0.0625. The van der Waals surface area contributed by atoms with Crippen LogP contribution in [0.3, 0.4) is 0 Å². The van der Waals surface area contributed by atoms with E-state index >= 15 is 0 Å². The molecule has 2 rings (SSSR count). The fourth-order valence-corrected chi connectivity index (χ4v) is 1.72. The highest BCUT2D eigenvalue weighted by Gasteiger charge is 2.28. The van der Waals surface area contributed by atoms with Crippen molar-refractivity contribution >= 4 is 5.78 Å². The highest BCUT2D eigenvalue weighted by atomic mass is 16.1. The number of hydrogen-bond acceptors (Lipinski definition) is 2. The third kappa shape index (κ3) is 1.70. The SMILES string of the molecule is CC(N)C(=O)c1ccccc1C1CC1. The van der Waals surface area contributed by atoms with Gasteiger partial charge in [0.1, 0.15) is 0 Å². The molecule has 2 heteroatoms. The van der Waals surface area contributed by atoms with Crippen molar-refractivity contribution in [2.75, 3.05) is 0 Å². The van der Waals surface area contributed by atoms with Crippen molar-refractivity contribution in [1.82, 2.24) is 0 Å². The summed E-state index contributed by atoms with van der Waals surface area (Å²) < 4.78 is 0. The van der Waals surface area contributed by atoms with E-state index in [0.29, 0.717) is 5.92 Å². The lowest BCUT2D eigenvalue weighted by Crippen LogP contribution is -2.27. The summed E-state index contributed by atoms with van der Waals surface area (Å²) in [6, 6.07) is 7.44. The van der Waals surface area contributed by atoms with Crippen LogP contribution in [0, 0.1) is 0 Å². The van der Waals surface area contributed by atoms with E-state index in [0.717, 1.165) is 5.56 Å². The quantitative estimate of drug-likeness (QED) is 0.740. The van der Waals surface area contributed by atoms with Gasteiger partial charge in [0.15, 0.2) is 5.78 Å². The minimum atomic E-state index is -0.394. The van der Waals surface area contributed by atoms with Crippen LogP contribution in [0.4, 0.5) is 0 Å². The zero-order valence-electron chi connectivity index (χ0n) is 8.36. The maximum atomic E-state index is 11.8. The van der Waals surface area contributed by atoms with Crippen molar-refractivity contribution in [3.05, 3.63) is 35.4 Å². The summed E-state index contributed by atoms with van der Waals surface area (Å²) in [5, 5.41) is 0. The maximum Gasteiger partial charge on any atom is 0.179 e. The molecule has 1 aliphatic rings. The van der Waals surface area contributed by atoms with Crippen LogP contribution in [0.1, 0.15) is 41.6 Å². The first kappa shape index (κ1) is 9.41. The Hall–Kier alpha value is -1.15. The highest BCUT2D eigenvalue weighted by molar-refractivity contribution is 6.01. The standard InChI is InChI=1S/C12H15NO/c1-8(13)12(14)11-5-3-2-4-10(11)9-6-7-9/h2-5,8-9H,6-7,13H2,1H3. The van der Waals surface area contributed by atoms with Gasteiger partial charge in [0, 0.05) is 5.56 Å². The molecule has 74 valence electrons. The molecule has 2 nitrogen and oxygen atoms in total. The summed E-state index contributed by atoms with van der Waals surface area (Å²) in [6.45, 7) is 1.74. The Morgan fingerprint density at radius 1 is 1.43 bits per heavy atom. The van der Waals surface area contributed by atoms with Crippen LogP contribution in [0.25, 0.3) is 0 Å². The van der Waals surface area contributed by atoms with Gasteiger partial charge >= 0.3 is 0 Å². The molecule has 1 aliphatic carbocycles. The molecular formula is C12H15NO. The number of ketones is 1. The summed E-state index contributed by atoms with van der Waals surface area (Å²) in [5.74, 6) is 0.668. The van der Waals surface area contributed by atoms with Crippen LogP contribution >= 0.6 is 0 Å². The van der Waals surface area contributed by atoms with E-state index in [4.69, 9.17) is 5.73 Å². The second-order valence-corrected chi connectivity index (χ2v) is 4.01. The zero-order valence-corrected chi connectivity index (χ0v) is 8.36. The molecule has 1 atom stereocenters. The molecule has 1 fully saturated rings. The Labute approximate surface area is 84.1 Å². The molecule has 1 aromatic rings. The van der Waals surface area contributed by atoms with Gasteiger partial charge in [-0.15, -0.1) is 0 Å². The van der Waals surface area contributed by atoms with Crippen molar-refractivity contribution in [1.29, 1.82) is 0 Å². The lowest BCUT2D eigenvalue weighted by molar-refractivity contribution is 0.0967. The van der Waals surface area contributed by atoms with Gasteiger partial charge < -0.3 is 5.73 Å². The van der Waals surface area contributed by atoms with Crippen molar-refractivity contribution in [2.24, 2.45) is 5.73 Å². The first-order valence-electron chi connectivity index (χ1n) is 5.09. The molecule has 1 unspecified atom stereocenters. The first-order chi connectivity index (χ1) is 6.70.